The first-order valence-electron chi connectivity index (χ1n) is 7.78. The maximum Gasteiger partial charge on any atom is 0.262 e. The second-order valence-electron chi connectivity index (χ2n) is 5.36. The number of carbonyl (C=O) groups is 2. The number of amides is 2. The Morgan fingerprint density at radius 3 is 2.58 bits per heavy atom. The van der Waals surface area contributed by atoms with E-state index in [1.165, 1.54) is 23.4 Å². The molecule has 0 aliphatic heterocycles. The van der Waals surface area contributed by atoms with Crippen LogP contribution in [0, 0.1) is 6.92 Å². The van der Waals surface area contributed by atoms with E-state index in [0.29, 0.717) is 5.75 Å². The average molecular weight is 435 g/mol. The molecule has 0 radical (unpaired) electrons. The minimum absolute atomic E-state index is 0.215. The lowest BCUT2D eigenvalue weighted by Crippen LogP contribution is -2.41. The van der Waals surface area contributed by atoms with Gasteiger partial charge in [0.1, 0.15) is 5.75 Å². The van der Waals surface area contributed by atoms with Gasteiger partial charge in [0.05, 0.1) is 12.9 Å². The summed E-state index contributed by atoms with van der Waals surface area (Å²) < 4.78 is 6.11. The molecule has 5 nitrogen and oxygen atoms in total. The highest BCUT2D eigenvalue weighted by molar-refractivity contribution is 9.10. The number of carbonyl (C=O) groups excluding carboxylic acids is 2. The Balaban J connectivity index is 1.80. The molecule has 0 unspecified atom stereocenters. The number of nitrogens with one attached hydrogen (secondary N) is 2. The quantitative estimate of drug-likeness (QED) is 0.413. The number of hydrogen-bond donors (Lipinski definition) is 2. The van der Waals surface area contributed by atoms with Crippen LogP contribution >= 0.6 is 27.7 Å². The van der Waals surface area contributed by atoms with Crippen molar-refractivity contribution in [2.24, 2.45) is 0 Å². The molecule has 0 aromatic heterocycles. The van der Waals surface area contributed by atoms with Crippen LogP contribution in [0.2, 0.25) is 0 Å². The smallest absolute Gasteiger partial charge is 0.262 e. The third-order valence-electron chi connectivity index (χ3n) is 3.32. The van der Waals surface area contributed by atoms with Gasteiger partial charge in [-0.15, -0.1) is 11.8 Å². The van der Waals surface area contributed by atoms with Crippen molar-refractivity contribution in [3.63, 3.8) is 0 Å². The third kappa shape index (κ3) is 6.57. The van der Waals surface area contributed by atoms with Gasteiger partial charge in [0.15, 0.2) is 0 Å². The Labute approximate surface area is 165 Å². The van der Waals surface area contributed by atoms with Crippen molar-refractivity contribution in [2.45, 2.75) is 11.8 Å². The molecule has 2 aromatic rings. The molecule has 0 spiro atoms. The maximum atomic E-state index is 11.8. The van der Waals surface area contributed by atoms with Crippen molar-refractivity contribution < 1.29 is 14.3 Å². The molecule has 136 valence electrons. The van der Waals surface area contributed by atoms with Gasteiger partial charge in [-0.05, 0) is 43.3 Å². The molecule has 2 N–H and O–H groups in total. The highest BCUT2D eigenvalue weighted by Gasteiger charge is 2.05. The van der Waals surface area contributed by atoms with E-state index in [2.05, 4.69) is 26.8 Å². The lowest BCUT2D eigenvalue weighted by molar-refractivity contribution is -0.125. The van der Waals surface area contributed by atoms with E-state index in [4.69, 9.17) is 4.74 Å². The zero-order chi connectivity index (χ0) is 18.9. The molecule has 0 aliphatic rings. The van der Waals surface area contributed by atoms with E-state index in [-0.39, 0.29) is 11.7 Å². The second kappa shape index (κ2) is 10.0. The predicted octanol–water partition coefficient (Wildman–Crippen LogP) is 3.72. The van der Waals surface area contributed by atoms with Gasteiger partial charge in [0.25, 0.3) is 5.91 Å². The van der Waals surface area contributed by atoms with Gasteiger partial charge in [-0.3, -0.25) is 20.4 Å². The number of hydrogen-bond acceptors (Lipinski definition) is 4. The summed E-state index contributed by atoms with van der Waals surface area (Å²) >= 11 is 4.78. The molecule has 2 aromatic carbocycles. The van der Waals surface area contributed by atoms with Crippen LogP contribution in [0.3, 0.4) is 0 Å². The molecule has 0 saturated heterocycles. The highest BCUT2D eigenvalue weighted by Crippen LogP contribution is 2.24. The summed E-state index contributed by atoms with van der Waals surface area (Å²) in [5.41, 5.74) is 6.66. The van der Waals surface area contributed by atoms with E-state index in [9.17, 15) is 9.59 Å². The summed E-state index contributed by atoms with van der Waals surface area (Å²) in [6.45, 7) is 2.01. The van der Waals surface area contributed by atoms with Crippen LogP contribution in [0.25, 0.3) is 6.08 Å². The molecule has 2 amide bonds. The van der Waals surface area contributed by atoms with Crippen molar-refractivity contribution in [1.82, 2.24) is 10.9 Å². The summed E-state index contributed by atoms with van der Waals surface area (Å²) in [6.07, 6.45) is 2.95. The molecular formula is C19H19BrN2O3S. The van der Waals surface area contributed by atoms with Crippen molar-refractivity contribution >= 4 is 45.6 Å². The van der Waals surface area contributed by atoms with Gasteiger partial charge in [-0.1, -0.05) is 33.6 Å². The van der Waals surface area contributed by atoms with Gasteiger partial charge in [0.2, 0.25) is 5.91 Å². The van der Waals surface area contributed by atoms with Crippen molar-refractivity contribution in [2.75, 3.05) is 12.9 Å². The number of methoxy groups -OCH3 is 1. The van der Waals surface area contributed by atoms with Crippen molar-refractivity contribution in [3.05, 3.63) is 64.1 Å². The Morgan fingerprint density at radius 1 is 1.15 bits per heavy atom. The molecule has 0 aliphatic carbocycles. The molecule has 0 bridgehead atoms. The zero-order valence-electron chi connectivity index (χ0n) is 14.4. The first-order valence-corrected chi connectivity index (χ1v) is 9.55. The van der Waals surface area contributed by atoms with E-state index in [1.54, 1.807) is 19.3 Å². The summed E-state index contributed by atoms with van der Waals surface area (Å²) in [5, 5.41) is 0. The van der Waals surface area contributed by atoms with Crippen LogP contribution in [0.15, 0.2) is 57.9 Å². The first kappa shape index (κ1) is 20.1. The van der Waals surface area contributed by atoms with Gasteiger partial charge >= 0.3 is 0 Å². The summed E-state index contributed by atoms with van der Waals surface area (Å²) in [5.74, 6) is 0.154. The molecule has 7 heteroatoms. The van der Waals surface area contributed by atoms with E-state index in [0.717, 1.165) is 14.9 Å². The van der Waals surface area contributed by atoms with Crippen LogP contribution < -0.4 is 15.6 Å². The van der Waals surface area contributed by atoms with Crippen molar-refractivity contribution in [1.29, 1.82) is 0 Å². The van der Waals surface area contributed by atoms with Crippen LogP contribution in [-0.2, 0) is 9.59 Å². The molecule has 26 heavy (non-hydrogen) atoms. The van der Waals surface area contributed by atoms with Crippen LogP contribution in [0.5, 0.6) is 5.75 Å². The number of thioether (sulfide) groups is 1. The van der Waals surface area contributed by atoms with E-state index >= 15 is 0 Å². The molecule has 0 heterocycles. The molecule has 0 fully saturated rings. The molecular weight excluding hydrogens is 416 g/mol. The van der Waals surface area contributed by atoms with Gasteiger partial charge in [0, 0.05) is 21.0 Å². The lowest BCUT2D eigenvalue weighted by atomic mass is 10.2. The third-order valence-corrected chi connectivity index (χ3v) is 4.83. The normalized spacial score (nSPS) is 10.6. The Kier molecular flexibility index (Phi) is 7.74. The zero-order valence-corrected chi connectivity index (χ0v) is 16.8. The summed E-state index contributed by atoms with van der Waals surface area (Å²) in [4.78, 5) is 24.7. The fourth-order valence-corrected chi connectivity index (χ4v) is 3.07. The minimum atomic E-state index is -0.430. The van der Waals surface area contributed by atoms with E-state index in [1.807, 2.05) is 43.3 Å². The van der Waals surface area contributed by atoms with Crippen LogP contribution in [-0.4, -0.2) is 24.7 Å². The Hall–Kier alpha value is -2.25. The number of rotatable bonds is 6. The number of hydrazine groups is 1. The predicted molar refractivity (Wildman–Crippen MR) is 108 cm³/mol. The number of benzene rings is 2. The average Bonchev–Trinajstić information content (AvgIpc) is 2.64. The number of aryl methyl sites for hydroxylation is 1. The summed E-state index contributed by atoms with van der Waals surface area (Å²) in [6, 6.07) is 13.4. The van der Waals surface area contributed by atoms with E-state index < -0.39 is 5.91 Å². The van der Waals surface area contributed by atoms with Crippen LogP contribution in [0.1, 0.15) is 11.1 Å². The van der Waals surface area contributed by atoms with Gasteiger partial charge < -0.3 is 4.74 Å². The standard InChI is InChI=1S/C19H19BrN2O3S/c1-13-3-7-16(8-4-13)26-12-19(24)22-21-18(23)10-5-14-11-15(20)6-9-17(14)25-2/h3-11H,12H2,1-2H3,(H,21,23)(H,22,24)/b10-5+. The van der Waals surface area contributed by atoms with Gasteiger partial charge in [-0.25, -0.2) is 0 Å². The summed E-state index contributed by atoms with van der Waals surface area (Å²) in [7, 11) is 1.56. The molecule has 0 saturated carbocycles. The Morgan fingerprint density at radius 2 is 1.88 bits per heavy atom. The lowest BCUT2D eigenvalue weighted by Gasteiger charge is -2.06. The fourth-order valence-electron chi connectivity index (χ4n) is 1.99. The van der Waals surface area contributed by atoms with Crippen molar-refractivity contribution in [3.8, 4) is 5.75 Å². The second-order valence-corrected chi connectivity index (χ2v) is 7.32. The first-order chi connectivity index (χ1) is 12.5. The Bertz CT molecular complexity index is 807. The minimum Gasteiger partial charge on any atom is -0.496 e. The monoisotopic (exact) mass is 434 g/mol. The maximum absolute atomic E-state index is 11.8. The number of ether oxygens (including phenoxy) is 1. The largest absolute Gasteiger partial charge is 0.496 e. The topological polar surface area (TPSA) is 67.4 Å². The molecule has 2 rings (SSSR count). The SMILES string of the molecule is COc1ccc(Br)cc1/C=C/C(=O)NNC(=O)CSc1ccc(C)cc1. The van der Waals surface area contributed by atoms with Crippen LogP contribution in [0.4, 0.5) is 0 Å². The van der Waals surface area contributed by atoms with Gasteiger partial charge in [-0.2, -0.15) is 0 Å². The highest BCUT2D eigenvalue weighted by atomic mass is 79.9. The number of halogens is 1. The molecule has 0 atom stereocenters. The fraction of sp³-hybridized carbons (Fsp3) is 0.158.